The maximum Gasteiger partial charge on any atom is 0.370 e. The smallest absolute Gasteiger partial charge is 0.307 e. The van der Waals surface area contributed by atoms with E-state index in [0.717, 1.165) is 231 Å². The molecule has 0 fully saturated rings. The first-order chi connectivity index (χ1) is 43.9. The van der Waals surface area contributed by atoms with E-state index in [2.05, 4.69) is 135 Å². The fraction of sp³-hybridized carbons (Fsp3) is 1.00. The predicted molar refractivity (Wildman–Crippen MR) is 405 cm³/mol. The van der Waals surface area contributed by atoms with Gasteiger partial charge in [0.25, 0.3) is 5.43 Å². The molecular formula is C63H133Br5O18P6. The van der Waals surface area contributed by atoms with Crippen LogP contribution in [0, 0.1) is 0 Å². The third-order valence-electron chi connectivity index (χ3n) is 14.0. The van der Waals surface area contributed by atoms with Crippen LogP contribution < -0.4 is 0 Å². The Balaban J connectivity index is -0.00000130. The first-order valence-electron chi connectivity index (χ1n) is 35.6. The fourth-order valence-corrected chi connectivity index (χ4v) is 26.9. The maximum atomic E-state index is 13.9. The summed E-state index contributed by atoms with van der Waals surface area (Å²) in [7, 11) is -23.1. The lowest BCUT2D eigenvalue weighted by Crippen LogP contribution is -2.21. The minimum atomic E-state index is -3.92. The molecule has 0 rings (SSSR count). The zero-order valence-electron chi connectivity index (χ0n) is 59.4. The van der Waals surface area contributed by atoms with Crippen molar-refractivity contribution >= 4 is 125 Å². The van der Waals surface area contributed by atoms with Crippen LogP contribution >= 0.6 is 125 Å². The van der Waals surface area contributed by atoms with E-state index in [9.17, 15) is 27.4 Å². The van der Waals surface area contributed by atoms with Crippen molar-refractivity contribution in [1.82, 2.24) is 0 Å². The van der Waals surface area contributed by atoms with E-state index in [1.807, 2.05) is 27.7 Å². The van der Waals surface area contributed by atoms with Crippen molar-refractivity contribution in [2.45, 2.75) is 324 Å². The quantitative estimate of drug-likeness (QED) is 0.0314. The van der Waals surface area contributed by atoms with Crippen LogP contribution in [0.3, 0.4) is 0 Å². The normalized spacial score (nSPS) is 13.0. The van der Waals surface area contributed by atoms with Gasteiger partial charge in [-0.25, -0.2) is 0 Å². The van der Waals surface area contributed by atoms with E-state index < -0.39 is 55.3 Å². The van der Waals surface area contributed by atoms with E-state index in [0.29, 0.717) is 26.4 Å². The second kappa shape index (κ2) is 62.8. The van der Waals surface area contributed by atoms with Gasteiger partial charge in [-0.1, -0.05) is 253 Å². The third-order valence-corrected chi connectivity index (χ3v) is 42.1. The van der Waals surface area contributed by atoms with Gasteiger partial charge in [-0.2, -0.15) is 0 Å². The minimum Gasteiger partial charge on any atom is -0.307 e. The van der Waals surface area contributed by atoms with Crippen LogP contribution in [0.1, 0.15) is 314 Å². The summed E-state index contributed by atoms with van der Waals surface area (Å²) in [4.78, 5) is 0. The van der Waals surface area contributed by atoms with Crippen LogP contribution in [0.4, 0.5) is 0 Å². The molecule has 0 saturated heterocycles. The van der Waals surface area contributed by atoms with E-state index in [1.165, 1.54) is 0 Å². The number of hydrogen-bond acceptors (Lipinski definition) is 18. The van der Waals surface area contributed by atoms with Gasteiger partial charge in [0.1, 0.15) is 0 Å². The monoisotopic (exact) mass is 1760 g/mol. The van der Waals surface area contributed by atoms with Crippen LogP contribution in [0.2, 0.25) is 0 Å². The van der Waals surface area contributed by atoms with Crippen LogP contribution in [0.25, 0.3) is 0 Å². The minimum absolute atomic E-state index is 0.239. The lowest BCUT2D eigenvalue weighted by Gasteiger charge is -2.34. The molecule has 0 N–H and O–H groups in total. The van der Waals surface area contributed by atoms with Gasteiger partial charge < -0.3 is 54.3 Å². The molecule has 0 aliphatic heterocycles. The van der Waals surface area contributed by atoms with Crippen molar-refractivity contribution in [1.29, 1.82) is 0 Å². The summed E-state index contributed by atoms with van der Waals surface area (Å²) in [6.07, 6.45) is 33.2. The van der Waals surface area contributed by atoms with E-state index in [4.69, 9.17) is 54.3 Å². The molecule has 0 aliphatic rings. The van der Waals surface area contributed by atoms with Gasteiger partial charge in [0.05, 0.1) is 79.3 Å². The molecule has 0 spiro atoms. The van der Waals surface area contributed by atoms with Crippen molar-refractivity contribution in [3.05, 3.63) is 0 Å². The molecule has 0 atom stereocenters. The molecule has 0 aliphatic carbocycles. The Hall–Kier alpha value is 3.30. The van der Waals surface area contributed by atoms with Crippen molar-refractivity contribution in [3.63, 3.8) is 0 Å². The van der Waals surface area contributed by atoms with Gasteiger partial charge in [-0.15, -0.1) is 0 Å². The average molecular weight is 1760 g/mol. The first kappa shape index (κ1) is 99.5. The molecule has 0 bridgehead atoms. The van der Waals surface area contributed by atoms with Crippen LogP contribution in [-0.2, 0) is 81.7 Å². The molecule has 92 heavy (non-hydrogen) atoms. The largest absolute Gasteiger partial charge is 0.370 e. The molecule has 29 heteroatoms. The van der Waals surface area contributed by atoms with Crippen molar-refractivity contribution in [2.75, 3.05) is 79.3 Å². The fourth-order valence-electron chi connectivity index (χ4n) is 7.91. The Kier molecular flexibility index (Phi) is 67.9. The second-order valence-corrected chi connectivity index (χ2v) is 51.1. The van der Waals surface area contributed by atoms with E-state index in [1.54, 1.807) is 0 Å². The molecule has 0 amide bonds. The third kappa shape index (κ3) is 43.4. The summed E-state index contributed by atoms with van der Waals surface area (Å²) >= 11 is 16.9. The molecule has 0 radical (unpaired) electrons. The molecule has 0 aromatic rings. The first-order valence-corrected chi connectivity index (χ1v) is 49.1. The van der Waals surface area contributed by atoms with Gasteiger partial charge in [0, 0.05) is 0 Å². The summed E-state index contributed by atoms with van der Waals surface area (Å²) in [6, 6.07) is 0. The zero-order valence-corrected chi connectivity index (χ0v) is 72.7. The summed E-state index contributed by atoms with van der Waals surface area (Å²) in [5.41, 5.74) is 0. The molecule has 0 heterocycles. The van der Waals surface area contributed by atoms with Gasteiger partial charge in [0.15, 0.2) is 0 Å². The van der Waals surface area contributed by atoms with Crippen molar-refractivity contribution in [3.8, 4) is 0 Å². The molecule has 558 valence electrons. The Morgan fingerprint density at radius 1 is 0.217 bits per heavy atom. The summed E-state index contributed by atoms with van der Waals surface area (Å²) in [5, 5.41) is 0. The highest BCUT2D eigenvalue weighted by Gasteiger charge is 2.64. The predicted octanol–water partition coefficient (Wildman–Crippen LogP) is 28.1. The molecule has 0 aromatic heterocycles. The van der Waals surface area contributed by atoms with Gasteiger partial charge in [-0.3, -0.25) is 27.4 Å². The van der Waals surface area contributed by atoms with E-state index >= 15 is 0 Å². The summed E-state index contributed by atoms with van der Waals surface area (Å²) < 4.78 is 147. The molecule has 0 aromatic carbocycles. The van der Waals surface area contributed by atoms with Crippen molar-refractivity contribution < 1.29 is 81.7 Å². The zero-order chi connectivity index (χ0) is 70.0. The Morgan fingerprint density at radius 3 is 0.511 bits per heavy atom. The van der Waals surface area contributed by atoms with Crippen LogP contribution in [0.15, 0.2) is 0 Å². The molecule has 0 unspecified atom stereocenters. The Bertz CT molecular complexity index is 1760. The summed E-state index contributed by atoms with van der Waals surface area (Å²) in [6.45, 7) is 28.2. The van der Waals surface area contributed by atoms with Gasteiger partial charge >= 0.3 is 45.6 Å². The van der Waals surface area contributed by atoms with Gasteiger partial charge in [0.2, 0.25) is 4.31 Å². The Morgan fingerprint density at radius 2 is 0.348 bits per heavy atom. The van der Waals surface area contributed by atoms with Gasteiger partial charge in [-0.05, 0) is 141 Å². The van der Waals surface area contributed by atoms with E-state index in [-0.39, 0.29) is 52.9 Å². The number of alkyl halides is 5. The highest BCUT2D eigenvalue weighted by atomic mass is 79.9. The lowest BCUT2D eigenvalue weighted by atomic mass is 10.2. The lowest BCUT2D eigenvalue weighted by molar-refractivity contribution is 0.180. The standard InChI is InChI=1S/C25H53BrO6P2.C21H44Br2O6P2.C17H36Br2O6P2/c1-5-9-13-17-21-29-33(27,30-22-18-14-10-6-2)25(26)34(28,31-23-19-15-11-7-3)32-24-20-16-12-8-4;1-5-9-13-17-26-30(24,27-18-14-10-6-2)21(22,23)31(25,28-19-15-11-7-3)29-20-16-12-8-4;1-5-9-13-22-26(20,23-14-10-6-2)17(18,19)27(21,24-15-11-7-3)25-16-12-8-4/h25H,5-24H2,1-4H3;5-20H2,1-4H3;5-16H2,1-4H3. The Labute approximate surface area is 605 Å². The van der Waals surface area contributed by atoms with Crippen LogP contribution in [-0.4, -0.2) is 89.0 Å². The molecule has 18 nitrogen and oxygen atoms in total. The maximum absolute atomic E-state index is 13.9. The topological polar surface area (TPSA) is 213 Å². The van der Waals surface area contributed by atoms with Crippen molar-refractivity contribution in [2.24, 2.45) is 0 Å². The molecule has 0 saturated carbocycles. The number of rotatable bonds is 66. The highest BCUT2D eigenvalue weighted by molar-refractivity contribution is 9.29. The number of hydrogen-bond donors (Lipinski definition) is 0. The van der Waals surface area contributed by atoms with Crippen LogP contribution in [0.5, 0.6) is 0 Å². The average Bonchev–Trinajstić information content (AvgIpc) is 0.770. The number of halogens is 5. The molecular weight excluding hydrogens is 1630 g/mol. The number of unbranched alkanes of at least 4 members (excludes halogenated alkanes) is 24. The summed E-state index contributed by atoms with van der Waals surface area (Å²) in [5.74, 6) is 0. The second-order valence-electron chi connectivity index (χ2n) is 22.9. The highest BCUT2D eigenvalue weighted by Crippen LogP contribution is 2.85. The SMILES string of the molecule is CCCCCCOP(=O)(OCCCCCC)C(Br)P(=O)(OCCCCCC)OCCCCCC.CCCCCOP(=O)(OCCCCC)C(Br)(Br)P(=O)(OCCCCC)OCCCCC.CCCCOP(=O)(OCCCC)C(Br)(Br)P(=O)(OCCCC)OCCCC.